The first kappa shape index (κ1) is 18.1. The van der Waals surface area contributed by atoms with Gasteiger partial charge in [0.05, 0.1) is 10.1 Å². The van der Waals surface area contributed by atoms with Gasteiger partial charge in [-0.1, -0.05) is 0 Å². The van der Waals surface area contributed by atoms with Gasteiger partial charge >= 0.3 is 0 Å². The van der Waals surface area contributed by atoms with Crippen LogP contribution in [0.15, 0.2) is 53.7 Å². The lowest BCUT2D eigenvalue weighted by molar-refractivity contribution is 0.0796. The van der Waals surface area contributed by atoms with Crippen molar-refractivity contribution in [3.8, 4) is 0 Å². The van der Waals surface area contributed by atoms with E-state index in [0.717, 1.165) is 12.0 Å². The van der Waals surface area contributed by atoms with Crippen LogP contribution in [0.2, 0.25) is 0 Å². The van der Waals surface area contributed by atoms with Crippen LogP contribution in [0.5, 0.6) is 0 Å². The van der Waals surface area contributed by atoms with Crippen molar-refractivity contribution < 1.29 is 13.2 Å². The van der Waals surface area contributed by atoms with Crippen molar-refractivity contribution in [2.75, 3.05) is 13.6 Å². The van der Waals surface area contributed by atoms with Gasteiger partial charge in [-0.25, -0.2) is 8.42 Å². The minimum absolute atomic E-state index is 0.127. The van der Waals surface area contributed by atoms with E-state index in [1.54, 1.807) is 50.3 Å². The van der Waals surface area contributed by atoms with Crippen LogP contribution in [0.3, 0.4) is 0 Å². The third-order valence-electron chi connectivity index (χ3n) is 3.88. The highest BCUT2D eigenvalue weighted by molar-refractivity contribution is 7.92. The van der Waals surface area contributed by atoms with Crippen LogP contribution >= 0.6 is 0 Å². The van der Waals surface area contributed by atoms with E-state index in [1.807, 2.05) is 12.1 Å². The van der Waals surface area contributed by atoms with Gasteiger partial charge in [0.25, 0.3) is 5.91 Å². The summed E-state index contributed by atoms with van der Waals surface area (Å²) >= 11 is 0. The van der Waals surface area contributed by atoms with Gasteiger partial charge < -0.3 is 4.90 Å². The highest BCUT2D eigenvalue weighted by atomic mass is 32.2. The molecule has 1 amide bonds. The van der Waals surface area contributed by atoms with Gasteiger partial charge in [-0.05, 0) is 62.2 Å². The van der Waals surface area contributed by atoms with Crippen molar-refractivity contribution in [2.24, 2.45) is 0 Å². The average Bonchev–Trinajstić information content (AvgIpc) is 2.60. The fourth-order valence-corrected chi connectivity index (χ4v) is 3.29. The number of hydrogen-bond acceptors (Lipinski definition) is 4. The van der Waals surface area contributed by atoms with E-state index in [2.05, 4.69) is 4.98 Å². The second kappa shape index (κ2) is 7.57. The van der Waals surface area contributed by atoms with Crippen molar-refractivity contribution in [1.82, 2.24) is 9.88 Å². The van der Waals surface area contributed by atoms with E-state index < -0.39 is 15.1 Å². The average molecular weight is 346 g/mol. The van der Waals surface area contributed by atoms with Gasteiger partial charge in [0.2, 0.25) is 0 Å². The van der Waals surface area contributed by atoms with E-state index in [-0.39, 0.29) is 10.8 Å². The van der Waals surface area contributed by atoms with Crippen LogP contribution in [-0.2, 0) is 16.3 Å². The van der Waals surface area contributed by atoms with Gasteiger partial charge in [0.1, 0.15) is 0 Å². The maximum Gasteiger partial charge on any atom is 0.253 e. The van der Waals surface area contributed by atoms with Crippen LogP contribution in [0.1, 0.15) is 29.8 Å². The first-order chi connectivity index (χ1) is 11.3. The van der Waals surface area contributed by atoms with Gasteiger partial charge in [-0.15, -0.1) is 0 Å². The Kier molecular flexibility index (Phi) is 5.72. The number of benzene rings is 1. The molecule has 1 heterocycles. The molecule has 0 saturated heterocycles. The highest BCUT2D eigenvalue weighted by Gasteiger charge is 2.20. The molecule has 0 spiro atoms. The molecule has 0 fully saturated rings. The zero-order chi connectivity index (χ0) is 17.7. The molecule has 2 rings (SSSR count). The Balaban J connectivity index is 2.04. The molecule has 2 aromatic rings. The lowest BCUT2D eigenvalue weighted by Crippen LogP contribution is -2.28. The second-order valence-corrected chi connectivity index (χ2v) is 8.45. The molecule has 0 aliphatic carbocycles. The number of likely N-dealkylation sites (N-methyl/N-ethyl adjacent to an activating group) is 1. The van der Waals surface area contributed by atoms with Crippen molar-refractivity contribution >= 4 is 15.7 Å². The number of sulfone groups is 1. The van der Waals surface area contributed by atoms with Gasteiger partial charge in [0, 0.05) is 31.5 Å². The van der Waals surface area contributed by atoms with Gasteiger partial charge in [0.15, 0.2) is 9.84 Å². The van der Waals surface area contributed by atoms with Gasteiger partial charge in [-0.3, -0.25) is 9.78 Å². The SMILES string of the molecule is CC(C)S(=O)(=O)c1ccc(C(=O)N(C)CCc2ccncc2)cc1. The third-order valence-corrected chi connectivity index (χ3v) is 6.05. The smallest absolute Gasteiger partial charge is 0.253 e. The monoisotopic (exact) mass is 346 g/mol. The third kappa shape index (κ3) is 4.20. The largest absolute Gasteiger partial charge is 0.341 e. The van der Waals surface area contributed by atoms with E-state index in [1.165, 1.54) is 12.1 Å². The summed E-state index contributed by atoms with van der Waals surface area (Å²) in [6.07, 6.45) is 4.20. The number of pyridine rings is 1. The van der Waals surface area contributed by atoms with Crippen LogP contribution in [0.4, 0.5) is 0 Å². The Labute approximate surface area is 143 Å². The van der Waals surface area contributed by atoms with Crippen molar-refractivity contribution in [3.63, 3.8) is 0 Å². The molecule has 128 valence electrons. The molecule has 0 radical (unpaired) electrons. The molecule has 6 heteroatoms. The topological polar surface area (TPSA) is 67.3 Å². The minimum atomic E-state index is -3.32. The number of rotatable bonds is 6. The Morgan fingerprint density at radius 3 is 2.21 bits per heavy atom. The molecule has 5 nitrogen and oxygen atoms in total. The van der Waals surface area contributed by atoms with Gasteiger partial charge in [-0.2, -0.15) is 0 Å². The van der Waals surface area contributed by atoms with E-state index in [9.17, 15) is 13.2 Å². The zero-order valence-electron chi connectivity index (χ0n) is 14.1. The molecular formula is C18H22N2O3S. The normalized spacial score (nSPS) is 11.5. The maximum absolute atomic E-state index is 12.4. The number of carbonyl (C=O) groups excluding carboxylic acids is 1. The number of nitrogens with zero attached hydrogens (tertiary/aromatic N) is 2. The summed E-state index contributed by atoms with van der Waals surface area (Å²) in [5.41, 5.74) is 1.60. The number of hydrogen-bond donors (Lipinski definition) is 0. The number of aromatic nitrogens is 1. The molecular weight excluding hydrogens is 324 g/mol. The zero-order valence-corrected chi connectivity index (χ0v) is 15.0. The van der Waals surface area contributed by atoms with E-state index in [4.69, 9.17) is 0 Å². The highest BCUT2D eigenvalue weighted by Crippen LogP contribution is 2.17. The number of carbonyl (C=O) groups is 1. The molecule has 0 saturated carbocycles. The molecule has 1 aromatic heterocycles. The summed E-state index contributed by atoms with van der Waals surface area (Å²) in [5, 5.41) is -0.484. The molecule has 1 aromatic carbocycles. The molecule has 0 bridgehead atoms. The molecule has 0 aliphatic heterocycles. The van der Waals surface area contributed by atoms with Crippen molar-refractivity contribution in [3.05, 3.63) is 59.9 Å². The second-order valence-electron chi connectivity index (χ2n) is 5.95. The lowest BCUT2D eigenvalue weighted by atomic mass is 10.1. The summed E-state index contributed by atoms with van der Waals surface area (Å²) in [7, 11) is -1.58. The van der Waals surface area contributed by atoms with E-state index in [0.29, 0.717) is 12.1 Å². The van der Waals surface area contributed by atoms with E-state index >= 15 is 0 Å². The first-order valence-electron chi connectivity index (χ1n) is 7.80. The van der Waals surface area contributed by atoms with Crippen molar-refractivity contribution in [1.29, 1.82) is 0 Å². The predicted octanol–water partition coefficient (Wildman–Crippen LogP) is 2.58. The molecule has 0 aliphatic rings. The van der Waals surface area contributed by atoms with Crippen molar-refractivity contribution in [2.45, 2.75) is 30.4 Å². The summed E-state index contributed by atoms with van der Waals surface area (Å²) in [6, 6.07) is 9.98. The Morgan fingerprint density at radius 2 is 1.67 bits per heavy atom. The molecule has 24 heavy (non-hydrogen) atoms. The Bertz CT molecular complexity index is 785. The van der Waals surface area contributed by atoms with Crippen LogP contribution in [0, 0.1) is 0 Å². The molecule has 0 N–H and O–H groups in total. The fourth-order valence-electron chi connectivity index (χ4n) is 2.23. The van der Waals surface area contributed by atoms with Crippen LogP contribution in [-0.4, -0.2) is 43.1 Å². The predicted molar refractivity (Wildman–Crippen MR) is 93.7 cm³/mol. The summed E-state index contributed by atoms with van der Waals surface area (Å²) < 4.78 is 24.2. The molecule has 0 unspecified atom stereocenters. The first-order valence-corrected chi connectivity index (χ1v) is 9.35. The quantitative estimate of drug-likeness (QED) is 0.806. The number of amides is 1. The maximum atomic E-state index is 12.4. The Morgan fingerprint density at radius 1 is 1.08 bits per heavy atom. The summed E-state index contributed by atoms with van der Waals surface area (Å²) in [5.74, 6) is -0.127. The summed E-state index contributed by atoms with van der Waals surface area (Å²) in [6.45, 7) is 3.86. The Hall–Kier alpha value is -2.21. The fraction of sp³-hybridized carbons (Fsp3) is 0.333. The summed E-state index contributed by atoms with van der Waals surface area (Å²) in [4.78, 5) is 18.3. The standard InChI is InChI=1S/C18H22N2O3S/c1-14(2)24(22,23)17-6-4-16(5-7-17)18(21)20(3)13-10-15-8-11-19-12-9-15/h4-9,11-12,14H,10,13H2,1-3H3. The van der Waals surface area contributed by atoms with Crippen LogP contribution in [0.25, 0.3) is 0 Å². The molecule has 0 atom stereocenters. The minimum Gasteiger partial charge on any atom is -0.341 e. The lowest BCUT2D eigenvalue weighted by Gasteiger charge is -2.17. The van der Waals surface area contributed by atoms with Crippen LogP contribution < -0.4 is 0 Å².